The van der Waals surface area contributed by atoms with Crippen molar-refractivity contribution in [2.75, 3.05) is 18.9 Å². The zero-order valence-electron chi connectivity index (χ0n) is 11.6. The van der Waals surface area contributed by atoms with Gasteiger partial charge in [0.05, 0.1) is 18.0 Å². The highest BCUT2D eigenvalue weighted by Gasteiger charge is 2.30. The van der Waals surface area contributed by atoms with Crippen LogP contribution in [-0.2, 0) is 9.53 Å². The van der Waals surface area contributed by atoms with Crippen LogP contribution < -0.4 is 11.1 Å². The predicted molar refractivity (Wildman–Crippen MR) is 73.2 cm³/mol. The van der Waals surface area contributed by atoms with Gasteiger partial charge in [0.25, 0.3) is 5.91 Å². The van der Waals surface area contributed by atoms with Gasteiger partial charge >= 0.3 is 5.97 Å². The third-order valence-electron chi connectivity index (χ3n) is 3.18. The molecule has 1 amide bonds. The number of nitrogens with one attached hydrogen (secondary N) is 2. The first-order chi connectivity index (χ1) is 9.63. The molecule has 0 bridgehead atoms. The number of amides is 1. The molecular formula is C13H20N4O3. The Balaban J connectivity index is 1.76. The lowest BCUT2D eigenvalue weighted by Gasteiger charge is -2.04. The molecule has 0 radical (unpaired) electrons. The summed E-state index contributed by atoms with van der Waals surface area (Å²) >= 11 is 0. The second-order valence-corrected chi connectivity index (χ2v) is 4.84. The van der Waals surface area contributed by atoms with Gasteiger partial charge in [0.1, 0.15) is 0 Å². The Kier molecular flexibility index (Phi) is 4.60. The van der Waals surface area contributed by atoms with Gasteiger partial charge < -0.3 is 15.8 Å². The van der Waals surface area contributed by atoms with E-state index in [-0.39, 0.29) is 24.0 Å². The van der Waals surface area contributed by atoms with Gasteiger partial charge in [-0.15, -0.1) is 0 Å². The second-order valence-electron chi connectivity index (χ2n) is 4.84. The zero-order valence-corrected chi connectivity index (χ0v) is 11.6. The molecule has 7 nitrogen and oxygen atoms in total. The molecule has 0 atom stereocenters. The van der Waals surface area contributed by atoms with E-state index < -0.39 is 0 Å². The molecule has 0 unspecified atom stereocenters. The number of rotatable bonds is 7. The summed E-state index contributed by atoms with van der Waals surface area (Å²) in [5, 5.41) is 9.50. The highest BCUT2D eigenvalue weighted by Crippen LogP contribution is 2.42. The number of carbonyl (C=O) groups excluding carboxylic acids is 2. The number of carbonyl (C=O) groups is 2. The van der Waals surface area contributed by atoms with Gasteiger partial charge in [0, 0.05) is 18.9 Å². The Morgan fingerprint density at radius 2 is 2.25 bits per heavy atom. The summed E-state index contributed by atoms with van der Waals surface area (Å²) < 4.78 is 4.80. The molecule has 4 N–H and O–H groups in total. The van der Waals surface area contributed by atoms with Gasteiger partial charge in [0.2, 0.25) is 0 Å². The maximum atomic E-state index is 11.9. The number of hydrogen-bond donors (Lipinski definition) is 3. The van der Waals surface area contributed by atoms with E-state index in [4.69, 9.17) is 10.5 Å². The highest BCUT2D eigenvalue weighted by atomic mass is 16.5. The smallest absolute Gasteiger partial charge is 0.305 e. The lowest BCUT2D eigenvalue weighted by Crippen LogP contribution is -2.26. The van der Waals surface area contributed by atoms with E-state index in [9.17, 15) is 9.59 Å². The fraction of sp³-hybridized carbons (Fsp3) is 0.615. The summed E-state index contributed by atoms with van der Waals surface area (Å²) in [6, 6.07) is 0. The number of hydrogen-bond acceptors (Lipinski definition) is 5. The van der Waals surface area contributed by atoms with E-state index in [2.05, 4.69) is 15.5 Å². The predicted octanol–water partition coefficient (Wildman–Crippen LogP) is 0.942. The fourth-order valence-electron chi connectivity index (χ4n) is 1.97. The van der Waals surface area contributed by atoms with Crippen LogP contribution in [0.3, 0.4) is 0 Å². The van der Waals surface area contributed by atoms with Crippen molar-refractivity contribution in [3.63, 3.8) is 0 Å². The third kappa shape index (κ3) is 3.49. The molecule has 1 saturated carbocycles. The maximum Gasteiger partial charge on any atom is 0.305 e. The average Bonchev–Trinajstić information content (AvgIpc) is 3.18. The number of H-pyrrole nitrogens is 1. The van der Waals surface area contributed by atoms with Crippen LogP contribution in [-0.4, -0.2) is 35.2 Å². The largest absolute Gasteiger partial charge is 0.466 e. The standard InChI is InChI=1S/C13H20N4O3/c1-2-20-9(18)4-3-7-15-13(19)12-10(14)11(16-17-12)8-5-6-8/h8H,2-7,14H2,1H3,(H,15,19)(H,16,17). The quantitative estimate of drug-likeness (QED) is 0.508. The van der Waals surface area contributed by atoms with Crippen LogP contribution in [0.25, 0.3) is 0 Å². The summed E-state index contributed by atoms with van der Waals surface area (Å²) in [7, 11) is 0. The van der Waals surface area contributed by atoms with Crippen LogP contribution in [0.4, 0.5) is 5.69 Å². The van der Waals surface area contributed by atoms with Crippen LogP contribution in [0, 0.1) is 0 Å². The molecule has 7 heteroatoms. The van der Waals surface area contributed by atoms with Crippen LogP contribution in [0.15, 0.2) is 0 Å². The molecule has 0 aliphatic heterocycles. The molecule has 1 aliphatic carbocycles. The minimum atomic E-state index is -0.311. The van der Waals surface area contributed by atoms with Crippen molar-refractivity contribution in [3.8, 4) is 0 Å². The molecular weight excluding hydrogens is 260 g/mol. The van der Waals surface area contributed by atoms with Crippen molar-refractivity contribution >= 4 is 17.6 Å². The molecule has 0 saturated heterocycles. The Hall–Kier alpha value is -2.05. The SMILES string of the molecule is CCOC(=O)CCCNC(=O)c1n[nH]c(C2CC2)c1N. The summed E-state index contributed by atoms with van der Waals surface area (Å²) in [6.07, 6.45) is 3.00. The number of nitrogens with zero attached hydrogens (tertiary/aromatic N) is 1. The second kappa shape index (κ2) is 6.40. The molecule has 1 fully saturated rings. The molecule has 1 aromatic rings. The number of nitrogens with two attached hydrogens (primary N) is 1. The Labute approximate surface area is 117 Å². The molecule has 2 rings (SSSR count). The monoisotopic (exact) mass is 280 g/mol. The van der Waals surface area contributed by atoms with Crippen LogP contribution in [0.5, 0.6) is 0 Å². The topological polar surface area (TPSA) is 110 Å². The van der Waals surface area contributed by atoms with Crippen LogP contribution in [0.2, 0.25) is 0 Å². The molecule has 20 heavy (non-hydrogen) atoms. The first-order valence-electron chi connectivity index (χ1n) is 6.91. The van der Waals surface area contributed by atoms with Crippen molar-refractivity contribution < 1.29 is 14.3 Å². The van der Waals surface area contributed by atoms with E-state index in [1.54, 1.807) is 6.92 Å². The van der Waals surface area contributed by atoms with Crippen molar-refractivity contribution in [1.82, 2.24) is 15.5 Å². The number of ether oxygens (including phenoxy) is 1. The minimum absolute atomic E-state index is 0.239. The zero-order chi connectivity index (χ0) is 14.5. The lowest BCUT2D eigenvalue weighted by atomic mass is 10.2. The number of esters is 1. The Bertz CT molecular complexity index is 494. The van der Waals surface area contributed by atoms with Crippen molar-refractivity contribution in [1.29, 1.82) is 0 Å². The number of aromatic nitrogens is 2. The number of aromatic amines is 1. The molecule has 1 aliphatic rings. The number of anilines is 1. The molecule has 1 heterocycles. The Morgan fingerprint density at radius 3 is 2.90 bits per heavy atom. The molecule has 110 valence electrons. The van der Waals surface area contributed by atoms with Crippen molar-refractivity contribution in [3.05, 3.63) is 11.4 Å². The Morgan fingerprint density at radius 1 is 1.50 bits per heavy atom. The van der Waals surface area contributed by atoms with Gasteiger partial charge in [-0.2, -0.15) is 5.10 Å². The van der Waals surface area contributed by atoms with Crippen LogP contribution >= 0.6 is 0 Å². The third-order valence-corrected chi connectivity index (χ3v) is 3.18. The molecule has 0 aromatic carbocycles. The first kappa shape index (κ1) is 14.4. The van der Waals surface area contributed by atoms with E-state index in [1.807, 2.05) is 0 Å². The van der Waals surface area contributed by atoms with Gasteiger partial charge in [-0.1, -0.05) is 0 Å². The van der Waals surface area contributed by atoms with E-state index in [0.29, 0.717) is 31.2 Å². The van der Waals surface area contributed by atoms with Crippen LogP contribution in [0.1, 0.15) is 54.7 Å². The van der Waals surface area contributed by atoms with E-state index >= 15 is 0 Å². The summed E-state index contributed by atoms with van der Waals surface area (Å²) in [6.45, 7) is 2.53. The molecule has 0 spiro atoms. The average molecular weight is 280 g/mol. The normalized spacial score (nSPS) is 14.1. The minimum Gasteiger partial charge on any atom is -0.466 e. The van der Waals surface area contributed by atoms with Crippen molar-refractivity contribution in [2.24, 2.45) is 0 Å². The summed E-state index contributed by atoms with van der Waals surface area (Å²) in [5.41, 5.74) is 7.45. The van der Waals surface area contributed by atoms with E-state index in [1.165, 1.54) is 0 Å². The van der Waals surface area contributed by atoms with Gasteiger partial charge in [-0.05, 0) is 26.2 Å². The highest BCUT2D eigenvalue weighted by molar-refractivity contribution is 5.97. The number of nitrogen functional groups attached to an aromatic ring is 1. The summed E-state index contributed by atoms with van der Waals surface area (Å²) in [4.78, 5) is 23.0. The first-order valence-corrected chi connectivity index (χ1v) is 6.91. The maximum absolute atomic E-state index is 11.9. The van der Waals surface area contributed by atoms with Gasteiger partial charge in [0.15, 0.2) is 5.69 Å². The lowest BCUT2D eigenvalue weighted by molar-refractivity contribution is -0.143. The molecule has 1 aromatic heterocycles. The van der Waals surface area contributed by atoms with Gasteiger partial charge in [-0.3, -0.25) is 14.7 Å². The summed E-state index contributed by atoms with van der Waals surface area (Å²) in [5.74, 6) is -0.139. The van der Waals surface area contributed by atoms with E-state index in [0.717, 1.165) is 18.5 Å². The van der Waals surface area contributed by atoms with Gasteiger partial charge in [-0.25, -0.2) is 0 Å². The van der Waals surface area contributed by atoms with Crippen molar-refractivity contribution in [2.45, 2.75) is 38.5 Å². The fourth-order valence-corrected chi connectivity index (χ4v) is 1.97.